The van der Waals surface area contributed by atoms with Gasteiger partial charge in [-0.1, -0.05) is 29.1 Å². The average Bonchev–Trinajstić information content (AvgIpc) is 2.46. The van der Waals surface area contributed by atoms with Crippen LogP contribution in [0.5, 0.6) is 5.75 Å². The zero-order chi connectivity index (χ0) is 17.2. The van der Waals surface area contributed by atoms with Crippen LogP contribution in [0.1, 0.15) is 5.69 Å². The quantitative estimate of drug-likeness (QED) is 0.588. The van der Waals surface area contributed by atoms with Crippen molar-refractivity contribution >= 4 is 23.2 Å². The molecule has 1 heterocycles. The van der Waals surface area contributed by atoms with Crippen molar-refractivity contribution in [3.63, 3.8) is 0 Å². The minimum Gasteiger partial charge on any atom is -0.479 e. The molecule has 0 atom stereocenters. The van der Waals surface area contributed by atoms with E-state index in [0.717, 1.165) is 12.1 Å². The fourth-order valence-electron chi connectivity index (χ4n) is 1.70. The monoisotopic (exact) mass is 364 g/mol. The van der Waals surface area contributed by atoms with Gasteiger partial charge in [-0.15, -0.1) is 6.42 Å². The van der Waals surface area contributed by atoms with Gasteiger partial charge in [0.2, 0.25) is 0 Å². The van der Waals surface area contributed by atoms with E-state index in [-0.39, 0.29) is 22.9 Å². The molecule has 9 heteroatoms. The molecular formula is C14H6Cl2F4N2O. The van der Waals surface area contributed by atoms with Gasteiger partial charge in [0.25, 0.3) is 0 Å². The molecule has 0 aliphatic carbocycles. The number of benzene rings is 1. The van der Waals surface area contributed by atoms with E-state index in [4.69, 9.17) is 34.4 Å². The first-order chi connectivity index (χ1) is 10.8. The van der Waals surface area contributed by atoms with Crippen LogP contribution in [0, 0.1) is 18.2 Å². The lowest BCUT2D eigenvalue weighted by Crippen LogP contribution is -2.10. The number of hydrogen-bond donors (Lipinski definition) is 0. The van der Waals surface area contributed by atoms with Gasteiger partial charge in [0, 0.05) is 5.56 Å². The molecule has 3 nitrogen and oxygen atoms in total. The van der Waals surface area contributed by atoms with Crippen molar-refractivity contribution < 1.29 is 22.3 Å². The lowest BCUT2D eigenvalue weighted by Gasteiger charge is -2.13. The molecule has 23 heavy (non-hydrogen) atoms. The molecule has 0 amide bonds. The Morgan fingerprint density at radius 3 is 2.52 bits per heavy atom. The second-order valence-electron chi connectivity index (χ2n) is 4.14. The third kappa shape index (κ3) is 3.66. The smallest absolute Gasteiger partial charge is 0.434 e. The van der Waals surface area contributed by atoms with Gasteiger partial charge in [-0.3, -0.25) is 0 Å². The van der Waals surface area contributed by atoms with E-state index >= 15 is 0 Å². The molecule has 0 fully saturated rings. The summed E-state index contributed by atoms with van der Waals surface area (Å²) in [4.78, 5) is 6.69. The molecule has 0 radical (unpaired) electrons. The predicted octanol–water partition coefficient (Wildman–Crippen LogP) is 4.62. The van der Waals surface area contributed by atoms with Gasteiger partial charge in [-0.05, 0) is 12.1 Å². The molecule has 0 saturated carbocycles. The minimum atomic E-state index is -4.81. The minimum absolute atomic E-state index is 0.00995. The number of halogens is 6. The summed E-state index contributed by atoms with van der Waals surface area (Å²) in [5.41, 5.74) is -2.13. The molecule has 0 aliphatic heterocycles. The molecular weight excluding hydrogens is 359 g/mol. The van der Waals surface area contributed by atoms with E-state index in [0.29, 0.717) is 6.33 Å². The molecule has 0 bridgehead atoms. The molecule has 0 spiro atoms. The predicted molar refractivity (Wildman–Crippen MR) is 76.8 cm³/mol. The first-order valence-electron chi connectivity index (χ1n) is 5.89. The van der Waals surface area contributed by atoms with Crippen LogP contribution in [0.15, 0.2) is 18.5 Å². The fourth-order valence-corrected chi connectivity index (χ4v) is 2.21. The summed E-state index contributed by atoms with van der Waals surface area (Å²) in [6.07, 6.45) is 0.872. The third-order valence-electron chi connectivity index (χ3n) is 2.65. The maximum Gasteiger partial charge on any atom is 0.434 e. The number of terminal acetylenes is 1. The van der Waals surface area contributed by atoms with E-state index in [1.54, 1.807) is 0 Å². The number of hydrogen-bond acceptors (Lipinski definition) is 3. The Morgan fingerprint density at radius 2 is 1.91 bits per heavy atom. The lowest BCUT2D eigenvalue weighted by atomic mass is 10.1. The normalized spacial score (nSPS) is 11.2. The van der Waals surface area contributed by atoms with E-state index in [2.05, 4.69) is 15.9 Å². The topological polar surface area (TPSA) is 35.0 Å². The standard InChI is InChI=1S/C14H6Cl2F4N2O/c1-2-3-23-10-4-7(9(17)5-8(10)15)12-11(16)13(14(18,19)20)22-6-21-12/h1,4-6H,3H2. The molecule has 0 N–H and O–H groups in total. The fraction of sp³-hybridized carbons (Fsp3) is 0.143. The van der Waals surface area contributed by atoms with Crippen molar-refractivity contribution in [1.82, 2.24) is 9.97 Å². The molecule has 120 valence electrons. The number of ether oxygens (including phenoxy) is 1. The molecule has 0 aliphatic rings. The van der Waals surface area contributed by atoms with Crippen LogP contribution in [-0.4, -0.2) is 16.6 Å². The molecule has 1 aromatic carbocycles. The third-order valence-corrected chi connectivity index (χ3v) is 3.30. The molecule has 2 aromatic rings. The van der Waals surface area contributed by atoms with Crippen LogP contribution < -0.4 is 4.74 Å². The number of aromatic nitrogens is 2. The van der Waals surface area contributed by atoms with Gasteiger partial charge >= 0.3 is 6.18 Å². The van der Waals surface area contributed by atoms with Crippen LogP contribution in [-0.2, 0) is 6.18 Å². The molecule has 1 aromatic heterocycles. The van der Waals surface area contributed by atoms with Crippen molar-refractivity contribution in [3.8, 4) is 29.4 Å². The maximum atomic E-state index is 14.1. The second-order valence-corrected chi connectivity index (χ2v) is 4.92. The number of nitrogens with zero attached hydrogens (tertiary/aromatic N) is 2. The van der Waals surface area contributed by atoms with Gasteiger partial charge in [0.15, 0.2) is 5.69 Å². The van der Waals surface area contributed by atoms with E-state index in [9.17, 15) is 17.6 Å². The second kappa shape index (κ2) is 6.60. The van der Waals surface area contributed by atoms with Gasteiger partial charge in [-0.2, -0.15) is 13.2 Å². The highest BCUT2D eigenvalue weighted by Gasteiger charge is 2.37. The molecule has 0 saturated heterocycles. The van der Waals surface area contributed by atoms with Crippen molar-refractivity contribution in [3.05, 3.63) is 40.0 Å². The van der Waals surface area contributed by atoms with E-state index < -0.39 is 28.4 Å². The van der Waals surface area contributed by atoms with Gasteiger partial charge in [0.1, 0.15) is 24.5 Å². The summed E-state index contributed by atoms with van der Waals surface area (Å²) < 4.78 is 57.6. The summed E-state index contributed by atoms with van der Waals surface area (Å²) in [6.45, 7) is -0.157. The average molecular weight is 365 g/mol. The maximum absolute atomic E-state index is 14.1. The zero-order valence-electron chi connectivity index (χ0n) is 11.1. The Hall–Kier alpha value is -2.04. The zero-order valence-corrected chi connectivity index (χ0v) is 12.6. The van der Waals surface area contributed by atoms with Crippen LogP contribution in [0.4, 0.5) is 17.6 Å². The highest BCUT2D eigenvalue weighted by atomic mass is 35.5. The molecule has 0 unspecified atom stereocenters. The highest BCUT2D eigenvalue weighted by molar-refractivity contribution is 6.34. The summed E-state index contributed by atoms with van der Waals surface area (Å²) in [6, 6.07) is 1.94. The Morgan fingerprint density at radius 1 is 1.22 bits per heavy atom. The SMILES string of the molecule is C#CCOc1cc(-c2ncnc(C(F)(F)F)c2Cl)c(F)cc1Cl. The van der Waals surface area contributed by atoms with Crippen molar-refractivity contribution in [2.24, 2.45) is 0 Å². The Bertz CT molecular complexity index is 788. The van der Waals surface area contributed by atoms with E-state index in [1.807, 2.05) is 0 Å². The van der Waals surface area contributed by atoms with Gasteiger partial charge < -0.3 is 4.74 Å². The van der Waals surface area contributed by atoms with Crippen molar-refractivity contribution in [2.45, 2.75) is 6.18 Å². The van der Waals surface area contributed by atoms with Crippen LogP contribution >= 0.6 is 23.2 Å². The van der Waals surface area contributed by atoms with Crippen molar-refractivity contribution in [1.29, 1.82) is 0 Å². The van der Waals surface area contributed by atoms with Crippen LogP contribution in [0.2, 0.25) is 10.0 Å². The first-order valence-corrected chi connectivity index (χ1v) is 6.64. The van der Waals surface area contributed by atoms with Crippen LogP contribution in [0.3, 0.4) is 0 Å². The number of rotatable bonds is 3. The number of alkyl halides is 3. The summed E-state index contributed by atoms with van der Waals surface area (Å²) >= 11 is 11.5. The van der Waals surface area contributed by atoms with Gasteiger partial charge in [0.05, 0.1) is 15.7 Å². The lowest BCUT2D eigenvalue weighted by molar-refractivity contribution is -0.141. The largest absolute Gasteiger partial charge is 0.479 e. The highest BCUT2D eigenvalue weighted by Crippen LogP contribution is 2.40. The Kier molecular flexibility index (Phi) is 4.97. The summed E-state index contributed by atoms with van der Waals surface area (Å²) in [5, 5.41) is -0.924. The Balaban J connectivity index is 2.61. The van der Waals surface area contributed by atoms with E-state index in [1.165, 1.54) is 0 Å². The van der Waals surface area contributed by atoms with Crippen LogP contribution in [0.25, 0.3) is 11.3 Å². The Labute approximate surface area is 138 Å². The van der Waals surface area contributed by atoms with Gasteiger partial charge in [-0.25, -0.2) is 14.4 Å². The molecule has 2 rings (SSSR count). The summed E-state index contributed by atoms with van der Waals surface area (Å²) in [7, 11) is 0. The van der Waals surface area contributed by atoms with Crippen molar-refractivity contribution in [2.75, 3.05) is 6.61 Å². The summed E-state index contributed by atoms with van der Waals surface area (Å²) in [5.74, 6) is 1.25. The first kappa shape index (κ1) is 17.3.